The van der Waals surface area contributed by atoms with Gasteiger partial charge in [-0.2, -0.15) is 5.26 Å². The van der Waals surface area contributed by atoms with Gasteiger partial charge < -0.3 is 5.11 Å². The van der Waals surface area contributed by atoms with Crippen LogP contribution in [0.4, 0.5) is 0 Å². The maximum absolute atomic E-state index is 9.62. The molecule has 0 heterocycles. The SMILES string of the molecule is CC(CCC(C)C(C)CCC(C)C1CCC(O)CC1)SC#N. The molecule has 4 atom stereocenters. The maximum Gasteiger partial charge on any atom is 0.133 e. The van der Waals surface area contributed by atoms with Crippen molar-refractivity contribution < 1.29 is 5.11 Å². The molecule has 1 N–H and O–H groups in total. The van der Waals surface area contributed by atoms with Crippen molar-refractivity contribution in [2.24, 2.45) is 23.7 Å². The number of aliphatic hydroxyl groups is 1. The molecule has 4 unspecified atom stereocenters. The Morgan fingerprint density at radius 2 is 1.50 bits per heavy atom. The number of aliphatic hydroxyl groups excluding tert-OH is 1. The van der Waals surface area contributed by atoms with E-state index in [9.17, 15) is 5.11 Å². The second-order valence-corrected chi connectivity index (χ2v) is 8.90. The molecule has 22 heavy (non-hydrogen) atoms. The Kier molecular flexibility index (Phi) is 9.52. The lowest BCUT2D eigenvalue weighted by Gasteiger charge is -2.31. The number of thioether (sulfide) groups is 1. The zero-order valence-electron chi connectivity index (χ0n) is 14.9. The van der Waals surface area contributed by atoms with Crippen LogP contribution in [0, 0.1) is 34.3 Å². The zero-order valence-corrected chi connectivity index (χ0v) is 15.7. The predicted molar refractivity (Wildman–Crippen MR) is 96.6 cm³/mol. The number of nitrogens with zero attached hydrogens (tertiary/aromatic N) is 1. The summed E-state index contributed by atoms with van der Waals surface area (Å²) in [6, 6.07) is 0. The summed E-state index contributed by atoms with van der Waals surface area (Å²) in [4.78, 5) is 0. The summed E-state index contributed by atoms with van der Waals surface area (Å²) in [5.74, 6) is 3.16. The Morgan fingerprint density at radius 3 is 2.05 bits per heavy atom. The lowest BCUT2D eigenvalue weighted by molar-refractivity contribution is 0.0903. The van der Waals surface area contributed by atoms with Crippen molar-refractivity contribution in [3.8, 4) is 5.40 Å². The largest absolute Gasteiger partial charge is 0.393 e. The van der Waals surface area contributed by atoms with E-state index in [2.05, 4.69) is 33.1 Å². The van der Waals surface area contributed by atoms with Crippen molar-refractivity contribution >= 4 is 11.8 Å². The first kappa shape index (κ1) is 19.8. The number of nitriles is 1. The third kappa shape index (κ3) is 7.38. The van der Waals surface area contributed by atoms with E-state index in [0.717, 1.165) is 42.9 Å². The number of hydrogen-bond acceptors (Lipinski definition) is 3. The lowest BCUT2D eigenvalue weighted by atomic mass is 9.76. The van der Waals surface area contributed by atoms with Crippen molar-refractivity contribution in [2.45, 2.75) is 90.4 Å². The fourth-order valence-corrected chi connectivity index (χ4v) is 4.08. The monoisotopic (exact) mass is 325 g/mol. The Labute approximate surface area is 142 Å². The van der Waals surface area contributed by atoms with Gasteiger partial charge in [0.1, 0.15) is 5.40 Å². The number of thiocyanates is 1. The van der Waals surface area contributed by atoms with Crippen LogP contribution in [0.3, 0.4) is 0 Å². The molecular formula is C19H35NOS. The molecule has 1 aliphatic rings. The number of rotatable bonds is 9. The van der Waals surface area contributed by atoms with Gasteiger partial charge in [-0.05, 0) is 74.0 Å². The standard InChI is InChI=1S/C19H35NOS/c1-14(15(2)7-8-17(4)22-13-20)5-6-16(3)18-9-11-19(21)12-10-18/h14-19,21H,5-12H2,1-4H3. The summed E-state index contributed by atoms with van der Waals surface area (Å²) in [5.41, 5.74) is 0. The molecule has 0 bridgehead atoms. The van der Waals surface area contributed by atoms with Crippen LogP contribution >= 0.6 is 11.8 Å². The molecule has 1 saturated carbocycles. The van der Waals surface area contributed by atoms with E-state index >= 15 is 0 Å². The Hall–Kier alpha value is -0.200. The topological polar surface area (TPSA) is 44.0 Å². The van der Waals surface area contributed by atoms with Crippen LogP contribution in [0.25, 0.3) is 0 Å². The molecular weight excluding hydrogens is 290 g/mol. The van der Waals surface area contributed by atoms with Crippen molar-refractivity contribution in [2.75, 3.05) is 0 Å². The van der Waals surface area contributed by atoms with Crippen LogP contribution in [0.5, 0.6) is 0 Å². The second-order valence-electron chi connectivity index (χ2n) is 7.67. The molecule has 2 nitrogen and oxygen atoms in total. The first-order chi connectivity index (χ1) is 10.4. The van der Waals surface area contributed by atoms with E-state index in [1.54, 1.807) is 0 Å². The molecule has 3 heteroatoms. The quantitative estimate of drug-likeness (QED) is 0.560. The molecule has 1 fully saturated rings. The van der Waals surface area contributed by atoms with Gasteiger partial charge in [-0.15, -0.1) is 0 Å². The van der Waals surface area contributed by atoms with Gasteiger partial charge in [0.15, 0.2) is 0 Å². The molecule has 0 aliphatic heterocycles. The Bertz CT molecular complexity index is 333. The van der Waals surface area contributed by atoms with E-state index in [1.165, 1.54) is 43.9 Å². The molecule has 0 aromatic carbocycles. The minimum Gasteiger partial charge on any atom is -0.393 e. The molecule has 128 valence electrons. The first-order valence-corrected chi connectivity index (χ1v) is 10.0. The molecule has 0 amide bonds. The highest BCUT2D eigenvalue weighted by Crippen LogP contribution is 2.34. The molecule has 0 spiro atoms. The van der Waals surface area contributed by atoms with Crippen LogP contribution < -0.4 is 0 Å². The van der Waals surface area contributed by atoms with Gasteiger partial charge in [-0.1, -0.05) is 40.5 Å². The minimum atomic E-state index is -0.0318. The third-order valence-electron chi connectivity index (χ3n) is 5.88. The fraction of sp³-hybridized carbons (Fsp3) is 0.947. The summed E-state index contributed by atoms with van der Waals surface area (Å²) in [5, 5.41) is 21.0. The summed E-state index contributed by atoms with van der Waals surface area (Å²) in [6.07, 6.45) is 9.46. The number of hydrogen-bond donors (Lipinski definition) is 1. The first-order valence-electron chi connectivity index (χ1n) is 9.16. The van der Waals surface area contributed by atoms with E-state index < -0.39 is 0 Å². The lowest BCUT2D eigenvalue weighted by Crippen LogP contribution is -2.23. The smallest absolute Gasteiger partial charge is 0.133 e. The van der Waals surface area contributed by atoms with Crippen LogP contribution in [-0.2, 0) is 0 Å². The van der Waals surface area contributed by atoms with Crippen molar-refractivity contribution in [1.82, 2.24) is 0 Å². The molecule has 1 rings (SSSR count). The van der Waals surface area contributed by atoms with E-state index in [0.29, 0.717) is 5.25 Å². The Balaban J connectivity index is 2.20. The summed E-state index contributed by atoms with van der Waals surface area (Å²) in [7, 11) is 0. The summed E-state index contributed by atoms with van der Waals surface area (Å²) < 4.78 is 0. The highest BCUT2D eigenvalue weighted by atomic mass is 32.2. The summed E-state index contributed by atoms with van der Waals surface area (Å²) >= 11 is 1.41. The van der Waals surface area contributed by atoms with E-state index in [1.807, 2.05) is 0 Å². The fourth-order valence-electron chi connectivity index (χ4n) is 3.65. The normalized spacial score (nSPS) is 27.6. The molecule has 0 saturated heterocycles. The maximum atomic E-state index is 9.62. The third-order valence-corrected chi connectivity index (χ3v) is 6.62. The van der Waals surface area contributed by atoms with E-state index in [4.69, 9.17) is 5.26 Å². The van der Waals surface area contributed by atoms with Crippen molar-refractivity contribution in [1.29, 1.82) is 5.26 Å². The van der Waals surface area contributed by atoms with E-state index in [-0.39, 0.29) is 6.10 Å². The predicted octanol–water partition coefficient (Wildman–Crippen LogP) is 5.61. The average Bonchev–Trinajstić information content (AvgIpc) is 2.50. The van der Waals surface area contributed by atoms with Gasteiger partial charge in [0.25, 0.3) is 0 Å². The van der Waals surface area contributed by atoms with Crippen molar-refractivity contribution in [3.05, 3.63) is 0 Å². The highest BCUT2D eigenvalue weighted by Gasteiger charge is 2.24. The van der Waals surface area contributed by atoms with Gasteiger partial charge in [0.05, 0.1) is 6.10 Å². The Morgan fingerprint density at radius 1 is 0.955 bits per heavy atom. The van der Waals surface area contributed by atoms with Gasteiger partial charge >= 0.3 is 0 Å². The van der Waals surface area contributed by atoms with Gasteiger partial charge in [-0.3, -0.25) is 0 Å². The average molecular weight is 326 g/mol. The van der Waals surface area contributed by atoms with Crippen molar-refractivity contribution in [3.63, 3.8) is 0 Å². The molecule has 1 aliphatic carbocycles. The minimum absolute atomic E-state index is 0.0318. The summed E-state index contributed by atoms with van der Waals surface area (Å²) in [6.45, 7) is 9.33. The van der Waals surface area contributed by atoms with Crippen LogP contribution in [0.15, 0.2) is 0 Å². The molecule has 0 aromatic heterocycles. The van der Waals surface area contributed by atoms with Gasteiger partial charge in [0.2, 0.25) is 0 Å². The highest BCUT2D eigenvalue weighted by molar-refractivity contribution is 8.04. The zero-order chi connectivity index (χ0) is 16.5. The van der Waals surface area contributed by atoms with Crippen LogP contribution in [0.2, 0.25) is 0 Å². The molecule has 0 aromatic rings. The van der Waals surface area contributed by atoms with Gasteiger partial charge in [-0.25, -0.2) is 0 Å². The van der Waals surface area contributed by atoms with Crippen LogP contribution in [-0.4, -0.2) is 16.5 Å². The molecule has 0 radical (unpaired) electrons. The second kappa shape index (κ2) is 10.6. The van der Waals surface area contributed by atoms with Crippen LogP contribution in [0.1, 0.15) is 79.1 Å². The van der Waals surface area contributed by atoms with Gasteiger partial charge in [0, 0.05) is 5.25 Å².